The molecule has 1 aromatic rings. The predicted octanol–water partition coefficient (Wildman–Crippen LogP) is 1.51. The largest absolute Gasteiger partial charge is 0.412 e. The van der Waals surface area contributed by atoms with Crippen LogP contribution in [0.4, 0.5) is 10.5 Å². The molecule has 104 valence electrons. The molecule has 0 saturated carbocycles. The summed E-state index contributed by atoms with van der Waals surface area (Å²) in [4.78, 5) is 13.7. The average Bonchev–Trinajstić information content (AvgIpc) is 2.42. The molecular weight excluding hydrogens is 242 g/mol. The molecule has 0 aromatic heterocycles. The third-order valence-corrected chi connectivity index (χ3v) is 3.16. The molecule has 1 amide bonds. The highest BCUT2D eigenvalue weighted by Crippen LogP contribution is 2.24. The summed E-state index contributed by atoms with van der Waals surface area (Å²) in [6.07, 6.45) is -0.402. The monoisotopic (exact) mass is 263 g/mol. The van der Waals surface area contributed by atoms with E-state index in [0.29, 0.717) is 12.3 Å². The quantitative estimate of drug-likeness (QED) is 0.868. The summed E-state index contributed by atoms with van der Waals surface area (Å²) >= 11 is 0. The SMILES string of the molecule is CCNC(=O)Oc1ccc(N2CCNCC2)cc1C. The van der Waals surface area contributed by atoms with Gasteiger partial charge in [0, 0.05) is 38.4 Å². The Kier molecular flexibility index (Phi) is 4.63. The Morgan fingerprint density at radius 3 is 2.79 bits per heavy atom. The first-order valence-corrected chi connectivity index (χ1v) is 6.72. The standard InChI is InChI=1S/C14H21N3O2/c1-3-16-14(18)19-13-5-4-12(10-11(13)2)17-8-6-15-7-9-17/h4-5,10,15H,3,6-9H2,1-2H3,(H,16,18). The molecule has 0 aliphatic carbocycles. The van der Waals surface area contributed by atoms with Crippen LogP contribution in [0.2, 0.25) is 0 Å². The maximum absolute atomic E-state index is 11.4. The lowest BCUT2D eigenvalue weighted by atomic mass is 10.1. The van der Waals surface area contributed by atoms with Crippen molar-refractivity contribution in [2.24, 2.45) is 0 Å². The van der Waals surface area contributed by atoms with Crippen LogP contribution in [-0.2, 0) is 0 Å². The summed E-state index contributed by atoms with van der Waals surface area (Å²) in [5, 5.41) is 5.95. The number of carbonyl (C=O) groups excluding carboxylic acids is 1. The summed E-state index contributed by atoms with van der Waals surface area (Å²) < 4.78 is 5.25. The number of hydrogen-bond acceptors (Lipinski definition) is 4. The van der Waals surface area contributed by atoms with Crippen molar-refractivity contribution in [3.05, 3.63) is 23.8 Å². The van der Waals surface area contributed by atoms with E-state index in [0.717, 1.165) is 31.7 Å². The van der Waals surface area contributed by atoms with Crippen LogP contribution >= 0.6 is 0 Å². The number of carbonyl (C=O) groups is 1. The van der Waals surface area contributed by atoms with Gasteiger partial charge in [0.15, 0.2) is 0 Å². The Hall–Kier alpha value is -1.75. The second-order valence-electron chi connectivity index (χ2n) is 4.61. The summed E-state index contributed by atoms with van der Waals surface area (Å²) in [5.74, 6) is 0.616. The third kappa shape index (κ3) is 3.61. The molecule has 0 spiro atoms. The van der Waals surface area contributed by atoms with E-state index in [2.05, 4.69) is 21.6 Å². The Bertz CT molecular complexity index is 442. The number of benzene rings is 1. The molecule has 1 saturated heterocycles. The van der Waals surface area contributed by atoms with Crippen LogP contribution < -0.4 is 20.3 Å². The average molecular weight is 263 g/mol. The molecule has 5 nitrogen and oxygen atoms in total. The van der Waals surface area contributed by atoms with Gasteiger partial charge in [-0.1, -0.05) is 0 Å². The van der Waals surface area contributed by atoms with Crippen molar-refractivity contribution in [1.82, 2.24) is 10.6 Å². The van der Waals surface area contributed by atoms with Gasteiger partial charge in [-0.2, -0.15) is 0 Å². The molecule has 0 atom stereocenters. The Labute approximate surface area is 113 Å². The number of piperazine rings is 1. The summed E-state index contributed by atoms with van der Waals surface area (Å²) in [6.45, 7) is 8.43. The molecule has 5 heteroatoms. The first-order chi connectivity index (χ1) is 9.20. The Morgan fingerprint density at radius 2 is 2.16 bits per heavy atom. The third-order valence-electron chi connectivity index (χ3n) is 3.16. The molecule has 0 unspecified atom stereocenters. The van der Waals surface area contributed by atoms with Crippen LogP contribution in [0.3, 0.4) is 0 Å². The van der Waals surface area contributed by atoms with E-state index < -0.39 is 6.09 Å². The van der Waals surface area contributed by atoms with Crippen LogP contribution in [0.5, 0.6) is 5.75 Å². The van der Waals surface area contributed by atoms with Crippen molar-refractivity contribution in [2.45, 2.75) is 13.8 Å². The van der Waals surface area contributed by atoms with Crippen molar-refractivity contribution in [1.29, 1.82) is 0 Å². The number of anilines is 1. The maximum atomic E-state index is 11.4. The zero-order chi connectivity index (χ0) is 13.7. The molecule has 1 aliphatic heterocycles. The van der Waals surface area contributed by atoms with Gasteiger partial charge in [-0.25, -0.2) is 4.79 Å². The first kappa shape index (κ1) is 13.7. The normalized spacial score (nSPS) is 15.2. The number of amides is 1. The van der Waals surface area contributed by atoms with Crippen LogP contribution in [0.15, 0.2) is 18.2 Å². The number of aryl methyl sites for hydroxylation is 1. The van der Waals surface area contributed by atoms with Gasteiger partial charge in [0.25, 0.3) is 0 Å². The Balaban J connectivity index is 2.05. The van der Waals surface area contributed by atoms with E-state index >= 15 is 0 Å². The highest BCUT2D eigenvalue weighted by atomic mass is 16.6. The molecule has 2 N–H and O–H groups in total. The summed E-state index contributed by atoms with van der Waals surface area (Å²) in [7, 11) is 0. The van der Waals surface area contributed by atoms with Gasteiger partial charge < -0.3 is 20.3 Å². The zero-order valence-corrected chi connectivity index (χ0v) is 11.5. The van der Waals surface area contributed by atoms with E-state index in [1.165, 1.54) is 5.69 Å². The van der Waals surface area contributed by atoms with Crippen LogP contribution in [-0.4, -0.2) is 38.8 Å². The second-order valence-corrected chi connectivity index (χ2v) is 4.61. The molecule has 19 heavy (non-hydrogen) atoms. The van der Waals surface area contributed by atoms with Gasteiger partial charge in [0.1, 0.15) is 5.75 Å². The Morgan fingerprint density at radius 1 is 1.42 bits per heavy atom. The molecule has 1 fully saturated rings. The molecule has 1 heterocycles. The van der Waals surface area contributed by atoms with Crippen molar-refractivity contribution < 1.29 is 9.53 Å². The molecule has 1 aliphatic rings. The van der Waals surface area contributed by atoms with Gasteiger partial charge in [0.05, 0.1) is 0 Å². The summed E-state index contributed by atoms with van der Waals surface area (Å²) in [6, 6.07) is 5.94. The van der Waals surface area contributed by atoms with Crippen molar-refractivity contribution in [3.8, 4) is 5.75 Å². The van der Waals surface area contributed by atoms with Gasteiger partial charge in [-0.05, 0) is 37.6 Å². The molecule has 1 aromatic carbocycles. The molecule has 2 rings (SSSR count). The van der Waals surface area contributed by atoms with E-state index in [4.69, 9.17) is 4.74 Å². The lowest BCUT2D eigenvalue weighted by molar-refractivity contribution is 0.201. The van der Waals surface area contributed by atoms with Crippen molar-refractivity contribution in [3.63, 3.8) is 0 Å². The van der Waals surface area contributed by atoms with E-state index in [9.17, 15) is 4.79 Å². The molecule has 0 radical (unpaired) electrons. The zero-order valence-electron chi connectivity index (χ0n) is 11.5. The van der Waals surface area contributed by atoms with Crippen LogP contribution in [0.1, 0.15) is 12.5 Å². The second kappa shape index (κ2) is 6.43. The number of nitrogens with zero attached hydrogens (tertiary/aromatic N) is 1. The fourth-order valence-electron chi connectivity index (χ4n) is 2.15. The maximum Gasteiger partial charge on any atom is 0.412 e. The fraction of sp³-hybridized carbons (Fsp3) is 0.500. The van der Waals surface area contributed by atoms with Gasteiger partial charge in [-0.3, -0.25) is 0 Å². The summed E-state index contributed by atoms with van der Waals surface area (Å²) in [5.41, 5.74) is 2.16. The predicted molar refractivity (Wildman–Crippen MR) is 76.0 cm³/mol. The molecular formula is C14H21N3O2. The van der Waals surface area contributed by atoms with Crippen LogP contribution in [0.25, 0.3) is 0 Å². The van der Waals surface area contributed by atoms with E-state index in [1.54, 1.807) is 0 Å². The van der Waals surface area contributed by atoms with Crippen LogP contribution in [0, 0.1) is 6.92 Å². The fourth-order valence-corrected chi connectivity index (χ4v) is 2.15. The van der Waals surface area contributed by atoms with E-state index in [-0.39, 0.29) is 0 Å². The minimum absolute atomic E-state index is 0.402. The van der Waals surface area contributed by atoms with Crippen molar-refractivity contribution >= 4 is 11.8 Å². The molecule has 0 bridgehead atoms. The number of ether oxygens (including phenoxy) is 1. The highest BCUT2D eigenvalue weighted by Gasteiger charge is 2.12. The first-order valence-electron chi connectivity index (χ1n) is 6.72. The number of rotatable bonds is 3. The minimum Gasteiger partial charge on any atom is -0.410 e. The lowest BCUT2D eigenvalue weighted by Crippen LogP contribution is -2.43. The number of nitrogens with one attached hydrogen (secondary N) is 2. The topological polar surface area (TPSA) is 53.6 Å². The van der Waals surface area contributed by atoms with Gasteiger partial charge >= 0.3 is 6.09 Å². The van der Waals surface area contributed by atoms with Crippen molar-refractivity contribution in [2.75, 3.05) is 37.6 Å². The minimum atomic E-state index is -0.402. The van der Waals surface area contributed by atoms with E-state index in [1.807, 2.05) is 26.0 Å². The number of hydrogen-bond donors (Lipinski definition) is 2. The van der Waals surface area contributed by atoms with Gasteiger partial charge in [0.2, 0.25) is 0 Å². The van der Waals surface area contributed by atoms with Gasteiger partial charge in [-0.15, -0.1) is 0 Å². The lowest BCUT2D eigenvalue weighted by Gasteiger charge is -2.29. The smallest absolute Gasteiger partial charge is 0.410 e. The highest BCUT2D eigenvalue weighted by molar-refractivity contribution is 5.71.